The van der Waals surface area contributed by atoms with Gasteiger partial charge in [-0.05, 0) is 26.4 Å². The molecule has 1 N–H and O–H groups in total. The highest BCUT2D eigenvalue weighted by Crippen LogP contribution is 2.19. The number of nitrogens with zero attached hydrogens (tertiary/aromatic N) is 2. The molecule has 1 fully saturated rings. The highest BCUT2D eigenvalue weighted by Gasteiger charge is 2.30. The second-order valence-corrected chi connectivity index (χ2v) is 8.55. The summed E-state index contributed by atoms with van der Waals surface area (Å²) in [6, 6.07) is 0.142. The zero-order chi connectivity index (χ0) is 14.6. The van der Waals surface area contributed by atoms with Crippen LogP contribution in [0.3, 0.4) is 0 Å². The molecule has 7 heteroatoms. The molecule has 2 heterocycles. The molecule has 1 aliphatic rings. The van der Waals surface area contributed by atoms with Crippen LogP contribution in [-0.4, -0.2) is 49.4 Å². The van der Waals surface area contributed by atoms with Gasteiger partial charge in [0, 0.05) is 24.5 Å². The van der Waals surface area contributed by atoms with Crippen LogP contribution < -0.4 is 5.32 Å². The van der Waals surface area contributed by atoms with Crippen LogP contribution in [0.4, 0.5) is 0 Å². The van der Waals surface area contributed by atoms with Crippen LogP contribution in [0.1, 0.15) is 30.5 Å². The molecule has 0 saturated carbocycles. The van der Waals surface area contributed by atoms with E-state index in [1.165, 1.54) is 0 Å². The molecule has 0 spiro atoms. The minimum atomic E-state index is -2.81. The predicted molar refractivity (Wildman–Crippen MR) is 82.6 cm³/mol. The second kappa shape index (κ2) is 6.98. The molecule has 1 unspecified atom stereocenters. The van der Waals surface area contributed by atoms with Gasteiger partial charge in [-0.1, -0.05) is 6.92 Å². The molecule has 5 nitrogen and oxygen atoms in total. The van der Waals surface area contributed by atoms with Crippen LogP contribution >= 0.6 is 11.3 Å². The fourth-order valence-electron chi connectivity index (χ4n) is 2.38. The molecule has 0 bridgehead atoms. The van der Waals surface area contributed by atoms with Gasteiger partial charge in [0.25, 0.3) is 0 Å². The van der Waals surface area contributed by atoms with Gasteiger partial charge in [-0.15, -0.1) is 11.3 Å². The largest absolute Gasteiger partial charge is 0.310 e. The molecule has 114 valence electrons. The molecule has 0 aromatic carbocycles. The van der Waals surface area contributed by atoms with E-state index in [2.05, 4.69) is 27.5 Å². The molecular formula is C13H23N3O2S2. The molecule has 1 aromatic rings. The lowest BCUT2D eigenvalue weighted by Crippen LogP contribution is -2.32. The van der Waals surface area contributed by atoms with Gasteiger partial charge in [0.2, 0.25) is 0 Å². The number of hydrogen-bond acceptors (Lipinski definition) is 6. The Bertz CT molecular complexity index is 527. The summed E-state index contributed by atoms with van der Waals surface area (Å²) in [5.74, 6) is 0.615. The third-order valence-corrected chi connectivity index (χ3v) is 6.19. The SMILES string of the molecule is CCCNCc1nc(CN(C)C2CCS(=O)(=O)C2)cs1. The van der Waals surface area contributed by atoms with Crippen molar-refractivity contribution in [3.05, 3.63) is 16.1 Å². The lowest BCUT2D eigenvalue weighted by Gasteiger charge is -2.21. The average molecular weight is 317 g/mol. The zero-order valence-electron chi connectivity index (χ0n) is 12.1. The van der Waals surface area contributed by atoms with E-state index in [0.717, 1.165) is 43.2 Å². The van der Waals surface area contributed by atoms with E-state index in [9.17, 15) is 8.42 Å². The minimum absolute atomic E-state index is 0.142. The Morgan fingerprint density at radius 1 is 1.55 bits per heavy atom. The van der Waals surface area contributed by atoms with Crippen LogP contribution in [-0.2, 0) is 22.9 Å². The smallest absolute Gasteiger partial charge is 0.151 e. The fraction of sp³-hybridized carbons (Fsp3) is 0.769. The summed E-state index contributed by atoms with van der Waals surface area (Å²) in [5.41, 5.74) is 1.04. The Morgan fingerprint density at radius 2 is 2.35 bits per heavy atom. The summed E-state index contributed by atoms with van der Waals surface area (Å²) in [4.78, 5) is 6.71. The van der Waals surface area contributed by atoms with Crippen molar-refractivity contribution in [1.29, 1.82) is 0 Å². The number of sulfone groups is 1. The topological polar surface area (TPSA) is 62.3 Å². The lowest BCUT2D eigenvalue weighted by atomic mass is 10.2. The predicted octanol–water partition coefficient (Wildman–Crippen LogP) is 1.26. The Balaban J connectivity index is 1.84. The quantitative estimate of drug-likeness (QED) is 0.767. The van der Waals surface area contributed by atoms with Crippen molar-refractivity contribution >= 4 is 21.2 Å². The molecule has 2 rings (SSSR count). The number of aromatic nitrogens is 1. The summed E-state index contributed by atoms with van der Waals surface area (Å²) in [5, 5.41) is 6.51. The van der Waals surface area contributed by atoms with Gasteiger partial charge in [-0.25, -0.2) is 13.4 Å². The first-order valence-corrected chi connectivity index (χ1v) is 9.75. The van der Waals surface area contributed by atoms with Crippen LogP contribution in [0.15, 0.2) is 5.38 Å². The van der Waals surface area contributed by atoms with Crippen molar-refractivity contribution in [2.45, 2.75) is 38.9 Å². The Labute approximate surface area is 125 Å². The molecule has 1 aliphatic heterocycles. The van der Waals surface area contributed by atoms with Crippen molar-refractivity contribution in [3.63, 3.8) is 0 Å². The van der Waals surface area contributed by atoms with Crippen LogP contribution in [0.5, 0.6) is 0 Å². The Kier molecular flexibility index (Phi) is 5.54. The van der Waals surface area contributed by atoms with Crippen molar-refractivity contribution in [2.24, 2.45) is 0 Å². The molecule has 0 radical (unpaired) electrons. The van der Waals surface area contributed by atoms with Gasteiger partial charge in [0.1, 0.15) is 5.01 Å². The summed E-state index contributed by atoms with van der Waals surface area (Å²) in [6.07, 6.45) is 1.87. The van der Waals surface area contributed by atoms with Gasteiger partial charge >= 0.3 is 0 Å². The van der Waals surface area contributed by atoms with Crippen LogP contribution in [0.25, 0.3) is 0 Å². The lowest BCUT2D eigenvalue weighted by molar-refractivity contribution is 0.251. The van der Waals surface area contributed by atoms with Gasteiger partial charge in [-0.3, -0.25) is 4.90 Å². The maximum atomic E-state index is 11.5. The number of nitrogens with one attached hydrogen (secondary N) is 1. The van der Waals surface area contributed by atoms with Gasteiger partial charge in [-0.2, -0.15) is 0 Å². The molecule has 1 aromatic heterocycles. The minimum Gasteiger partial charge on any atom is -0.310 e. The van der Waals surface area contributed by atoms with Crippen molar-refractivity contribution in [3.8, 4) is 0 Å². The summed E-state index contributed by atoms with van der Waals surface area (Å²) >= 11 is 1.67. The molecular weight excluding hydrogens is 294 g/mol. The third-order valence-electron chi connectivity index (χ3n) is 3.55. The first-order valence-electron chi connectivity index (χ1n) is 7.05. The summed E-state index contributed by atoms with van der Waals surface area (Å²) in [6.45, 7) is 4.70. The van der Waals surface area contributed by atoms with E-state index in [4.69, 9.17) is 0 Å². The summed E-state index contributed by atoms with van der Waals surface area (Å²) < 4.78 is 23.0. The molecule has 20 heavy (non-hydrogen) atoms. The standard InChI is InChI=1S/C13H23N3O2S2/c1-3-5-14-7-13-15-11(9-19-13)8-16(2)12-4-6-20(17,18)10-12/h9,12,14H,3-8,10H2,1-2H3. The Hall–Kier alpha value is -0.500. The zero-order valence-corrected chi connectivity index (χ0v) is 13.8. The third kappa shape index (κ3) is 4.51. The normalized spacial score (nSPS) is 21.6. The molecule has 0 amide bonds. The molecule has 0 aliphatic carbocycles. The molecule has 1 saturated heterocycles. The number of hydrogen-bond donors (Lipinski definition) is 1. The van der Waals surface area contributed by atoms with Crippen LogP contribution in [0.2, 0.25) is 0 Å². The number of thiazole rings is 1. The van der Waals surface area contributed by atoms with E-state index >= 15 is 0 Å². The average Bonchev–Trinajstić information content (AvgIpc) is 2.96. The van der Waals surface area contributed by atoms with Gasteiger partial charge in [0.05, 0.1) is 17.2 Å². The second-order valence-electron chi connectivity index (χ2n) is 5.38. The summed E-state index contributed by atoms with van der Waals surface area (Å²) in [7, 11) is -0.826. The Morgan fingerprint density at radius 3 is 3.00 bits per heavy atom. The van der Waals surface area contributed by atoms with Gasteiger partial charge < -0.3 is 5.32 Å². The monoisotopic (exact) mass is 317 g/mol. The first kappa shape index (κ1) is 15.9. The van der Waals surface area contributed by atoms with E-state index in [0.29, 0.717) is 11.5 Å². The van der Waals surface area contributed by atoms with E-state index in [1.807, 2.05) is 7.05 Å². The van der Waals surface area contributed by atoms with E-state index in [-0.39, 0.29) is 6.04 Å². The van der Waals surface area contributed by atoms with Crippen molar-refractivity contribution in [2.75, 3.05) is 25.1 Å². The van der Waals surface area contributed by atoms with Crippen molar-refractivity contribution < 1.29 is 8.42 Å². The maximum Gasteiger partial charge on any atom is 0.151 e. The van der Waals surface area contributed by atoms with E-state index < -0.39 is 9.84 Å². The highest BCUT2D eigenvalue weighted by molar-refractivity contribution is 7.91. The maximum absolute atomic E-state index is 11.5. The molecule has 1 atom stereocenters. The fourth-order valence-corrected chi connectivity index (χ4v) is 4.94. The highest BCUT2D eigenvalue weighted by atomic mass is 32.2. The van der Waals surface area contributed by atoms with Crippen LogP contribution in [0, 0.1) is 0 Å². The first-order chi connectivity index (χ1) is 9.50. The van der Waals surface area contributed by atoms with Gasteiger partial charge in [0.15, 0.2) is 9.84 Å². The number of rotatable bonds is 7. The van der Waals surface area contributed by atoms with E-state index in [1.54, 1.807) is 11.3 Å². The van der Waals surface area contributed by atoms with Crippen molar-refractivity contribution in [1.82, 2.24) is 15.2 Å².